The van der Waals surface area contributed by atoms with E-state index in [0.717, 1.165) is 6.20 Å². The molecule has 0 aliphatic rings. The molecule has 6 heavy (non-hydrogen) atoms. The van der Waals surface area contributed by atoms with Gasteiger partial charge in [-0.05, 0) is 0 Å². The minimum Gasteiger partial charge on any atom is -0.720 e. The third-order valence-electron chi connectivity index (χ3n) is 0.207. The van der Waals surface area contributed by atoms with Crippen molar-refractivity contribution in [3.8, 4) is 0 Å². The molecule has 0 bridgehead atoms. The first-order valence-corrected chi connectivity index (χ1v) is 1.29. The van der Waals surface area contributed by atoms with Crippen molar-refractivity contribution in [1.29, 1.82) is 0 Å². The molecule has 0 spiro atoms. The Labute approximate surface area is 50.7 Å². The summed E-state index contributed by atoms with van der Waals surface area (Å²) in [6, 6.07) is 0. The molecule has 0 aromatic rings. The normalized spacial score (nSPS) is 7.33. The fourth-order valence-corrected chi connectivity index (χ4v) is 0.0556. The summed E-state index contributed by atoms with van der Waals surface area (Å²) in [5.74, 6) is 0. The van der Waals surface area contributed by atoms with Gasteiger partial charge in [0.25, 0.3) is 0 Å². The summed E-state index contributed by atoms with van der Waals surface area (Å²) in [6.07, 6.45) is 3.88. The predicted octanol–water partition coefficient (Wildman–Crippen LogP) is 1.54. The summed E-state index contributed by atoms with van der Waals surface area (Å²) in [7, 11) is 0. The molecule has 1 radical (unpaired) electrons. The third-order valence-corrected chi connectivity index (χ3v) is 0.207. The molecule has 0 atom stereocenters. The maximum absolute atomic E-state index is 6.31. The van der Waals surface area contributed by atoms with Gasteiger partial charge in [-0.3, -0.25) is 12.8 Å². The number of rotatable bonds is 1. The van der Waals surface area contributed by atoms with Crippen molar-refractivity contribution < 1.29 is 19.5 Å². The van der Waals surface area contributed by atoms with Gasteiger partial charge in [0.2, 0.25) is 0 Å². The van der Waals surface area contributed by atoms with E-state index in [9.17, 15) is 0 Å². The van der Waals surface area contributed by atoms with Gasteiger partial charge in [0.15, 0.2) is 0 Å². The minimum absolute atomic E-state index is 0. The van der Waals surface area contributed by atoms with Gasteiger partial charge >= 0.3 is 19.5 Å². The SMILES string of the molecule is [CH-]=C/C=C\[NH-].[Rh+2]. The molecule has 0 aliphatic heterocycles. The van der Waals surface area contributed by atoms with Crippen LogP contribution in [0.15, 0.2) is 18.4 Å². The van der Waals surface area contributed by atoms with Crippen LogP contribution in [0.5, 0.6) is 0 Å². The summed E-state index contributed by atoms with van der Waals surface area (Å²) >= 11 is 0. The summed E-state index contributed by atoms with van der Waals surface area (Å²) in [6.45, 7) is 4.81. The van der Waals surface area contributed by atoms with E-state index in [1.807, 2.05) is 0 Å². The quantitative estimate of drug-likeness (QED) is 0.323. The summed E-state index contributed by atoms with van der Waals surface area (Å²) < 4.78 is 0. The first-order chi connectivity index (χ1) is 2.41. The van der Waals surface area contributed by atoms with Gasteiger partial charge in [-0.15, -0.1) is 0 Å². The van der Waals surface area contributed by atoms with E-state index < -0.39 is 0 Å². The standard InChI is InChI=1S/C4H5N.Rh/c1-2-3-4-5;/h1-5H;/q-2;+2/b4-3-;. The molecule has 0 unspecified atom stereocenters. The second-order valence-corrected chi connectivity index (χ2v) is 0.552. The first-order valence-electron chi connectivity index (χ1n) is 1.29. The second kappa shape index (κ2) is 8.86. The molecular weight excluding hydrogens is 165 g/mol. The van der Waals surface area contributed by atoms with Crippen LogP contribution in [0.3, 0.4) is 0 Å². The van der Waals surface area contributed by atoms with Crippen molar-refractivity contribution >= 4 is 0 Å². The fourth-order valence-electron chi connectivity index (χ4n) is 0.0556. The largest absolute Gasteiger partial charge is 2.00 e. The zero-order valence-corrected chi connectivity index (χ0v) is 4.78. The van der Waals surface area contributed by atoms with Crippen LogP contribution in [-0.2, 0) is 19.5 Å². The molecular formula is C4H5NRh. The fraction of sp³-hybridized carbons (Fsp3) is 0. The van der Waals surface area contributed by atoms with Gasteiger partial charge in [0, 0.05) is 0 Å². The van der Waals surface area contributed by atoms with Crippen LogP contribution in [0.1, 0.15) is 0 Å². The van der Waals surface area contributed by atoms with E-state index in [2.05, 4.69) is 0 Å². The smallest absolute Gasteiger partial charge is 0.720 e. The summed E-state index contributed by atoms with van der Waals surface area (Å²) in [5.41, 5.74) is 6.31. The Morgan fingerprint density at radius 1 is 1.50 bits per heavy atom. The van der Waals surface area contributed by atoms with Crippen LogP contribution in [0.25, 0.3) is 5.73 Å². The number of allylic oxidation sites excluding steroid dienone is 2. The molecule has 1 N–H and O–H groups in total. The average molecular weight is 170 g/mol. The topological polar surface area (TPSA) is 23.8 Å². The zero-order chi connectivity index (χ0) is 4.12. The molecule has 0 saturated carbocycles. The van der Waals surface area contributed by atoms with E-state index in [0.29, 0.717) is 0 Å². The Morgan fingerprint density at radius 3 is 2.00 bits per heavy atom. The van der Waals surface area contributed by atoms with Crippen molar-refractivity contribution in [2.24, 2.45) is 0 Å². The van der Waals surface area contributed by atoms with Crippen molar-refractivity contribution in [2.45, 2.75) is 0 Å². The predicted molar refractivity (Wildman–Crippen MR) is 22.3 cm³/mol. The Kier molecular flexibility index (Phi) is 13.8. The van der Waals surface area contributed by atoms with Crippen LogP contribution in [0, 0.1) is 6.58 Å². The number of nitrogens with one attached hydrogen (secondary N) is 1. The van der Waals surface area contributed by atoms with Gasteiger partial charge in [-0.25, -0.2) is 12.2 Å². The van der Waals surface area contributed by atoms with Gasteiger partial charge in [-0.1, -0.05) is 0 Å². The molecule has 2 heteroatoms. The Bertz CT molecular complexity index is 49.5. The second-order valence-electron chi connectivity index (χ2n) is 0.552. The summed E-state index contributed by atoms with van der Waals surface area (Å²) in [4.78, 5) is 0. The minimum atomic E-state index is 0. The Balaban J connectivity index is 0. The van der Waals surface area contributed by atoms with Crippen molar-refractivity contribution in [1.82, 2.24) is 0 Å². The Morgan fingerprint density at radius 2 is 2.00 bits per heavy atom. The van der Waals surface area contributed by atoms with Gasteiger partial charge < -0.3 is 5.73 Å². The summed E-state index contributed by atoms with van der Waals surface area (Å²) in [5, 5.41) is 0. The molecule has 0 amide bonds. The zero-order valence-electron chi connectivity index (χ0n) is 3.14. The molecule has 0 aromatic carbocycles. The van der Waals surface area contributed by atoms with Crippen LogP contribution in [-0.4, -0.2) is 0 Å². The monoisotopic (exact) mass is 170 g/mol. The number of hydrogen-bond donors (Lipinski definition) is 0. The van der Waals surface area contributed by atoms with Crippen LogP contribution in [0.2, 0.25) is 0 Å². The van der Waals surface area contributed by atoms with Gasteiger partial charge in [0.05, 0.1) is 0 Å². The molecule has 1 nitrogen and oxygen atoms in total. The van der Waals surface area contributed by atoms with Crippen molar-refractivity contribution in [3.63, 3.8) is 0 Å². The first kappa shape index (κ1) is 9.32. The van der Waals surface area contributed by atoms with E-state index in [4.69, 9.17) is 12.3 Å². The maximum Gasteiger partial charge on any atom is 2.00 e. The molecule has 0 aromatic heterocycles. The maximum atomic E-state index is 6.31. The third kappa shape index (κ3) is 9.08. The molecule has 0 saturated heterocycles. The van der Waals surface area contributed by atoms with E-state index in [1.54, 1.807) is 0 Å². The van der Waals surface area contributed by atoms with Crippen molar-refractivity contribution in [3.05, 3.63) is 30.7 Å². The molecule has 0 fully saturated rings. The Hall–Kier alpha value is -0.0966. The van der Waals surface area contributed by atoms with E-state index in [-0.39, 0.29) is 19.5 Å². The molecule has 0 aliphatic carbocycles. The van der Waals surface area contributed by atoms with Crippen LogP contribution >= 0.6 is 0 Å². The number of hydrogen-bond acceptors (Lipinski definition) is 0. The average Bonchev–Trinajstić information content (AvgIpc) is 1.41. The molecule has 0 heterocycles. The van der Waals surface area contributed by atoms with Crippen LogP contribution in [0.4, 0.5) is 0 Å². The van der Waals surface area contributed by atoms with Gasteiger partial charge in [0.1, 0.15) is 0 Å². The van der Waals surface area contributed by atoms with Crippen LogP contribution < -0.4 is 0 Å². The van der Waals surface area contributed by atoms with E-state index in [1.165, 1.54) is 12.2 Å². The van der Waals surface area contributed by atoms with Crippen molar-refractivity contribution in [2.75, 3.05) is 0 Å². The van der Waals surface area contributed by atoms with E-state index >= 15 is 0 Å². The molecule has 35 valence electrons. The molecule has 0 rings (SSSR count). The van der Waals surface area contributed by atoms with Gasteiger partial charge in [-0.2, -0.15) is 0 Å².